The van der Waals surface area contributed by atoms with Gasteiger partial charge in [0.15, 0.2) is 16.5 Å². The zero-order valence-electron chi connectivity index (χ0n) is 27.3. The predicted molar refractivity (Wildman–Crippen MR) is 190 cm³/mol. The Morgan fingerprint density at radius 2 is 1.76 bits per heavy atom. The summed E-state index contributed by atoms with van der Waals surface area (Å²) in [4.78, 5) is 38.8. The molecular weight excluding hydrogens is 635 g/mol. The molecule has 3 aromatic heterocycles. The van der Waals surface area contributed by atoms with Crippen LogP contribution in [0.4, 0.5) is 10.9 Å². The van der Waals surface area contributed by atoms with Crippen molar-refractivity contribution in [3.63, 3.8) is 0 Å². The second-order valence-electron chi connectivity index (χ2n) is 12.8. The highest BCUT2D eigenvalue weighted by molar-refractivity contribution is 7.22. The van der Waals surface area contributed by atoms with Gasteiger partial charge in [0.05, 0.1) is 16.8 Å². The number of pyridine rings is 1. The van der Waals surface area contributed by atoms with Gasteiger partial charge in [-0.05, 0) is 74.2 Å². The number of para-hydroxylation sites is 1. The second-order valence-corrected chi connectivity index (χ2v) is 13.8. The van der Waals surface area contributed by atoms with Crippen LogP contribution in [0.25, 0.3) is 21.3 Å². The van der Waals surface area contributed by atoms with Gasteiger partial charge < -0.3 is 9.64 Å². The Kier molecular flexibility index (Phi) is 8.40. The lowest BCUT2D eigenvalue weighted by Gasteiger charge is -2.31. The number of nitrogens with one attached hydrogen (secondary N) is 1. The number of fused-ring (bicyclic) bond motifs is 2. The highest BCUT2D eigenvalue weighted by Gasteiger charge is 2.28. The van der Waals surface area contributed by atoms with Gasteiger partial charge in [-0.1, -0.05) is 65.9 Å². The van der Waals surface area contributed by atoms with E-state index in [1.165, 1.54) is 11.3 Å². The van der Waals surface area contributed by atoms with E-state index in [0.717, 1.165) is 26.9 Å². The summed E-state index contributed by atoms with van der Waals surface area (Å²) in [7, 11) is 0. The van der Waals surface area contributed by atoms with E-state index in [-0.39, 0.29) is 17.3 Å². The molecule has 11 heteroatoms. The number of ether oxygens (including phenoxy) is 1. The number of carbonyl (C=O) groups excluding carboxylic acids is 2. The van der Waals surface area contributed by atoms with Crippen molar-refractivity contribution in [2.75, 3.05) is 16.8 Å². The van der Waals surface area contributed by atoms with Crippen LogP contribution in [0.3, 0.4) is 0 Å². The number of hydrogen-bond donors (Lipinski definition) is 1. The number of nitriles is 1. The number of amides is 1. The summed E-state index contributed by atoms with van der Waals surface area (Å²) in [6, 6.07) is 29.2. The monoisotopic (exact) mass is 667 g/mol. The maximum atomic E-state index is 13.7. The van der Waals surface area contributed by atoms with E-state index in [9.17, 15) is 14.9 Å². The van der Waals surface area contributed by atoms with Gasteiger partial charge in [-0.15, -0.1) is 0 Å². The first-order valence-corrected chi connectivity index (χ1v) is 16.8. The first kappa shape index (κ1) is 31.7. The number of carbonyl (C=O) groups is 2. The number of nitrogens with zero attached hydrogens (tertiary/aromatic N) is 6. The van der Waals surface area contributed by atoms with Crippen LogP contribution >= 0.6 is 11.3 Å². The first-order valence-electron chi connectivity index (χ1n) is 15.9. The van der Waals surface area contributed by atoms with Crippen LogP contribution in [0, 0.1) is 11.3 Å². The number of anilines is 2. The highest BCUT2D eigenvalue weighted by Crippen LogP contribution is 2.33. The van der Waals surface area contributed by atoms with Crippen LogP contribution in [-0.2, 0) is 24.2 Å². The number of esters is 1. The molecule has 1 aliphatic heterocycles. The summed E-state index contributed by atoms with van der Waals surface area (Å²) in [6.07, 6.45) is 2.46. The van der Waals surface area contributed by atoms with Crippen LogP contribution in [0.15, 0.2) is 91.1 Å². The Balaban J connectivity index is 1.21. The molecule has 0 radical (unpaired) electrons. The summed E-state index contributed by atoms with van der Waals surface area (Å²) in [6.45, 7) is 6.91. The van der Waals surface area contributed by atoms with Crippen molar-refractivity contribution in [3.8, 4) is 17.2 Å². The van der Waals surface area contributed by atoms with Crippen molar-refractivity contribution in [1.29, 1.82) is 5.26 Å². The van der Waals surface area contributed by atoms with Crippen LogP contribution in [0.5, 0.6) is 0 Å². The van der Waals surface area contributed by atoms with Gasteiger partial charge in [0.1, 0.15) is 17.5 Å². The molecule has 6 aromatic rings. The van der Waals surface area contributed by atoms with Gasteiger partial charge in [0, 0.05) is 36.0 Å². The van der Waals surface area contributed by atoms with Gasteiger partial charge in [-0.2, -0.15) is 10.4 Å². The molecule has 244 valence electrons. The fraction of sp³-hybridized carbons (Fsp3) is 0.211. The van der Waals surface area contributed by atoms with Crippen LogP contribution in [0.2, 0.25) is 0 Å². The average Bonchev–Trinajstić information content (AvgIpc) is 3.70. The molecule has 7 rings (SSSR count). The topological polar surface area (TPSA) is 126 Å². The molecule has 0 fully saturated rings. The average molecular weight is 668 g/mol. The molecule has 1 aliphatic rings. The summed E-state index contributed by atoms with van der Waals surface area (Å²) in [5.41, 5.74) is 4.88. The molecule has 0 bridgehead atoms. The van der Waals surface area contributed by atoms with Crippen molar-refractivity contribution in [2.45, 2.75) is 45.9 Å². The normalized spacial score (nSPS) is 12.7. The fourth-order valence-corrected chi connectivity index (χ4v) is 6.82. The molecule has 1 N–H and O–H groups in total. The molecule has 0 unspecified atom stereocenters. The Morgan fingerprint density at radius 3 is 2.53 bits per heavy atom. The molecule has 1 amide bonds. The van der Waals surface area contributed by atoms with Crippen molar-refractivity contribution in [1.82, 2.24) is 19.7 Å². The molecular formula is C38H33N7O3S. The Morgan fingerprint density at radius 1 is 0.959 bits per heavy atom. The summed E-state index contributed by atoms with van der Waals surface area (Å²) < 4.78 is 8.49. The van der Waals surface area contributed by atoms with Crippen molar-refractivity contribution in [3.05, 3.63) is 125 Å². The van der Waals surface area contributed by atoms with E-state index in [4.69, 9.17) is 9.72 Å². The van der Waals surface area contributed by atoms with Crippen LogP contribution in [0.1, 0.15) is 64.0 Å². The second kappa shape index (κ2) is 13.0. The number of thiazole rings is 1. The van der Waals surface area contributed by atoms with Crippen molar-refractivity contribution < 1.29 is 14.3 Å². The zero-order valence-corrected chi connectivity index (χ0v) is 28.1. The molecule has 10 nitrogen and oxygen atoms in total. The minimum absolute atomic E-state index is 0.0934. The summed E-state index contributed by atoms with van der Waals surface area (Å²) >= 11 is 1.43. The highest BCUT2D eigenvalue weighted by atomic mass is 32.1. The van der Waals surface area contributed by atoms with Gasteiger partial charge in [0.2, 0.25) is 0 Å². The lowest BCUT2D eigenvalue weighted by Crippen LogP contribution is -2.33. The summed E-state index contributed by atoms with van der Waals surface area (Å²) in [5, 5.41) is 18.1. The lowest BCUT2D eigenvalue weighted by molar-refractivity contribution is 0.00638. The molecule has 0 atom stereocenters. The first-order chi connectivity index (χ1) is 23.6. The molecule has 0 saturated carbocycles. The summed E-state index contributed by atoms with van der Waals surface area (Å²) in [5.74, 6) is -0.267. The van der Waals surface area contributed by atoms with E-state index >= 15 is 0 Å². The van der Waals surface area contributed by atoms with E-state index in [2.05, 4.69) is 26.4 Å². The van der Waals surface area contributed by atoms with Gasteiger partial charge >= 0.3 is 5.97 Å². The number of hydrogen-bond acceptors (Lipinski definition) is 9. The number of benzene rings is 3. The molecule has 0 aliphatic carbocycles. The third-order valence-electron chi connectivity index (χ3n) is 8.17. The molecule has 4 heterocycles. The predicted octanol–water partition coefficient (Wildman–Crippen LogP) is 7.25. The van der Waals surface area contributed by atoms with E-state index in [1.807, 2.05) is 78.9 Å². The van der Waals surface area contributed by atoms with Gasteiger partial charge in [0.25, 0.3) is 5.91 Å². The van der Waals surface area contributed by atoms with Crippen molar-refractivity contribution in [2.24, 2.45) is 0 Å². The smallest absolute Gasteiger partial charge is 0.358 e. The van der Waals surface area contributed by atoms with E-state index in [1.54, 1.807) is 37.7 Å². The largest absolute Gasteiger partial charge is 0.455 e. The van der Waals surface area contributed by atoms with Crippen LogP contribution in [-0.4, -0.2) is 43.8 Å². The molecule has 0 spiro atoms. The third-order valence-corrected chi connectivity index (χ3v) is 9.13. The van der Waals surface area contributed by atoms with E-state index in [0.29, 0.717) is 53.7 Å². The van der Waals surface area contributed by atoms with Crippen LogP contribution < -0.4 is 10.2 Å². The standard InChI is InChI=1S/C38H33N7O3S/c1-38(2,3)48-36(47)34-26(29-23-45(43-31(29)20-39)21-24-10-5-4-6-11-24)16-17-33(41-34)44-19-18-25-12-9-13-27(28(25)22-44)35(46)42-37-40-30-14-7-8-15-32(30)49-37/h4-17,23H,18-19,21-22H2,1-3H3,(H,40,42,46). The molecule has 49 heavy (non-hydrogen) atoms. The third kappa shape index (κ3) is 6.77. The molecule has 0 saturated heterocycles. The van der Waals surface area contributed by atoms with Gasteiger partial charge in [-0.3, -0.25) is 14.8 Å². The minimum Gasteiger partial charge on any atom is -0.455 e. The number of rotatable bonds is 7. The fourth-order valence-electron chi connectivity index (χ4n) is 5.96. The minimum atomic E-state index is -0.767. The lowest BCUT2D eigenvalue weighted by atomic mass is 9.94. The maximum absolute atomic E-state index is 13.7. The SMILES string of the molecule is CC(C)(C)OC(=O)c1nc(N2CCc3cccc(C(=O)Nc4nc5ccccc5s4)c3C2)ccc1-c1cn(Cc2ccccc2)nc1C#N. The van der Waals surface area contributed by atoms with Crippen molar-refractivity contribution >= 4 is 44.4 Å². The Hall–Kier alpha value is -5.86. The zero-order chi connectivity index (χ0) is 34.1. The Labute approximate surface area is 287 Å². The van der Waals surface area contributed by atoms with E-state index < -0.39 is 11.6 Å². The number of aromatic nitrogens is 4. The maximum Gasteiger partial charge on any atom is 0.358 e. The Bertz CT molecular complexity index is 2210. The molecule has 3 aromatic carbocycles. The van der Waals surface area contributed by atoms with Gasteiger partial charge in [-0.25, -0.2) is 14.8 Å². The quantitative estimate of drug-likeness (QED) is 0.177.